The van der Waals surface area contributed by atoms with Crippen LogP contribution in [0.25, 0.3) is 22.0 Å². The van der Waals surface area contributed by atoms with Crippen LogP contribution >= 0.6 is 11.6 Å². The summed E-state index contributed by atoms with van der Waals surface area (Å²) in [4.78, 5) is 29.0. The standard InChI is InChI=1S/C29H31ClN4O3/c1-15-7-18(11-22(8-15)37-27-16(2)9-19(30)10-17(27)3)24-14-34(4)29(36)26-23(24)13-25(33-26)28(35)32-21-6-5-20(31)12-21/h7-11,13-14,20-21,33H,5-6,12,31H2,1-4H3,(H,32,35)/t20-,21-/m0/s1. The molecule has 0 aliphatic heterocycles. The zero-order valence-electron chi connectivity index (χ0n) is 21.4. The van der Waals surface area contributed by atoms with Crippen LogP contribution in [-0.4, -0.2) is 27.5 Å². The third kappa shape index (κ3) is 5.02. The molecule has 0 radical (unpaired) electrons. The number of carbonyl (C=O) groups is 1. The number of pyridine rings is 1. The van der Waals surface area contributed by atoms with Gasteiger partial charge in [-0.05, 0) is 92.6 Å². The van der Waals surface area contributed by atoms with E-state index in [0.29, 0.717) is 27.4 Å². The van der Waals surface area contributed by atoms with Gasteiger partial charge in [0.05, 0.1) is 0 Å². The van der Waals surface area contributed by atoms with Crippen molar-refractivity contribution < 1.29 is 9.53 Å². The first kappa shape index (κ1) is 25.1. The summed E-state index contributed by atoms with van der Waals surface area (Å²) in [5, 5.41) is 4.41. The number of aryl methyl sites for hydroxylation is 4. The van der Waals surface area contributed by atoms with Gasteiger partial charge in [0.25, 0.3) is 11.5 Å². The smallest absolute Gasteiger partial charge is 0.274 e. The maximum absolute atomic E-state index is 13.0. The van der Waals surface area contributed by atoms with Crippen LogP contribution in [0, 0.1) is 20.8 Å². The topological polar surface area (TPSA) is 102 Å². The van der Waals surface area contributed by atoms with Crippen molar-refractivity contribution in [1.82, 2.24) is 14.9 Å². The van der Waals surface area contributed by atoms with Gasteiger partial charge in [-0.2, -0.15) is 0 Å². The molecule has 37 heavy (non-hydrogen) atoms. The van der Waals surface area contributed by atoms with Crippen molar-refractivity contribution in [3.8, 4) is 22.6 Å². The van der Waals surface area contributed by atoms with Crippen LogP contribution in [0.2, 0.25) is 5.02 Å². The Hall–Kier alpha value is -3.55. The van der Waals surface area contributed by atoms with Crippen molar-refractivity contribution in [1.29, 1.82) is 0 Å². The lowest BCUT2D eigenvalue weighted by molar-refractivity contribution is 0.0933. The Morgan fingerprint density at radius 1 is 1.11 bits per heavy atom. The number of amides is 1. The number of carbonyl (C=O) groups excluding carboxylic acids is 1. The third-order valence-electron chi connectivity index (χ3n) is 7.02. The third-order valence-corrected chi connectivity index (χ3v) is 7.24. The highest BCUT2D eigenvalue weighted by Gasteiger charge is 2.25. The van der Waals surface area contributed by atoms with Crippen molar-refractivity contribution in [2.45, 2.75) is 52.1 Å². The van der Waals surface area contributed by atoms with E-state index in [1.165, 1.54) is 4.57 Å². The second-order valence-electron chi connectivity index (χ2n) is 10.2. The number of benzene rings is 2. The highest BCUT2D eigenvalue weighted by Crippen LogP contribution is 2.35. The lowest BCUT2D eigenvalue weighted by atomic mass is 10.0. The van der Waals surface area contributed by atoms with Gasteiger partial charge in [0, 0.05) is 41.3 Å². The Kier molecular flexibility index (Phi) is 6.60. The van der Waals surface area contributed by atoms with Crippen molar-refractivity contribution in [2.24, 2.45) is 12.8 Å². The molecule has 1 saturated carbocycles. The fourth-order valence-electron chi connectivity index (χ4n) is 5.24. The van der Waals surface area contributed by atoms with Gasteiger partial charge in [-0.3, -0.25) is 9.59 Å². The number of nitrogens with zero attached hydrogens (tertiary/aromatic N) is 1. The van der Waals surface area contributed by atoms with Crippen LogP contribution in [0.1, 0.15) is 46.4 Å². The van der Waals surface area contributed by atoms with E-state index in [2.05, 4.69) is 10.3 Å². The maximum atomic E-state index is 13.0. The Balaban J connectivity index is 1.55. The fourth-order valence-corrected chi connectivity index (χ4v) is 5.56. The monoisotopic (exact) mass is 518 g/mol. The molecule has 8 heteroatoms. The first-order chi connectivity index (χ1) is 17.6. The molecule has 1 aliphatic rings. The number of hydrogen-bond acceptors (Lipinski definition) is 4. The minimum atomic E-state index is -0.231. The van der Waals surface area contributed by atoms with Crippen LogP contribution in [0.3, 0.4) is 0 Å². The second kappa shape index (κ2) is 9.72. The predicted molar refractivity (Wildman–Crippen MR) is 148 cm³/mol. The van der Waals surface area contributed by atoms with E-state index in [0.717, 1.165) is 52.8 Å². The highest BCUT2D eigenvalue weighted by atomic mass is 35.5. The molecule has 0 spiro atoms. The van der Waals surface area contributed by atoms with Crippen molar-refractivity contribution >= 4 is 28.4 Å². The van der Waals surface area contributed by atoms with E-state index in [1.54, 1.807) is 19.3 Å². The molecule has 0 saturated heterocycles. The number of ether oxygens (including phenoxy) is 1. The zero-order chi connectivity index (χ0) is 26.4. The molecular weight excluding hydrogens is 488 g/mol. The number of hydrogen-bond donors (Lipinski definition) is 3. The summed E-state index contributed by atoms with van der Waals surface area (Å²) in [5.74, 6) is 1.21. The molecule has 0 unspecified atom stereocenters. The van der Waals surface area contributed by atoms with E-state index in [1.807, 2.05) is 51.1 Å². The minimum Gasteiger partial charge on any atom is -0.457 e. The molecule has 2 heterocycles. The average Bonchev–Trinajstić information content (AvgIpc) is 3.45. The van der Waals surface area contributed by atoms with Crippen LogP contribution in [0.15, 0.2) is 47.4 Å². The van der Waals surface area contributed by atoms with Crippen molar-refractivity contribution in [3.63, 3.8) is 0 Å². The Labute approximate surface area is 220 Å². The van der Waals surface area contributed by atoms with Gasteiger partial charge in [-0.15, -0.1) is 0 Å². The molecular formula is C29H31ClN4O3. The summed E-state index contributed by atoms with van der Waals surface area (Å²) in [5.41, 5.74) is 11.2. The van der Waals surface area contributed by atoms with E-state index >= 15 is 0 Å². The van der Waals surface area contributed by atoms with E-state index in [9.17, 15) is 9.59 Å². The van der Waals surface area contributed by atoms with Crippen molar-refractivity contribution in [2.75, 3.05) is 0 Å². The van der Waals surface area contributed by atoms with Crippen LogP contribution in [-0.2, 0) is 7.05 Å². The van der Waals surface area contributed by atoms with Gasteiger partial charge < -0.3 is 25.3 Å². The first-order valence-electron chi connectivity index (χ1n) is 12.4. The number of fused-ring (bicyclic) bond motifs is 1. The lowest BCUT2D eigenvalue weighted by Crippen LogP contribution is -2.34. The molecule has 4 aromatic rings. The SMILES string of the molecule is Cc1cc(Oc2c(C)cc(Cl)cc2C)cc(-c2cn(C)c(=O)c3[nH]c(C(=O)N[C@H]4CC[C@H](N)C4)cc23)c1. The van der Waals surface area contributed by atoms with Gasteiger partial charge in [0.2, 0.25) is 0 Å². The summed E-state index contributed by atoms with van der Waals surface area (Å²) < 4.78 is 7.85. The zero-order valence-corrected chi connectivity index (χ0v) is 22.2. The van der Waals surface area contributed by atoms with Crippen LogP contribution < -0.4 is 21.3 Å². The molecule has 5 rings (SSSR count). The summed E-state index contributed by atoms with van der Waals surface area (Å²) in [6.45, 7) is 5.93. The number of H-pyrrole nitrogens is 1. The van der Waals surface area contributed by atoms with Gasteiger partial charge in [0.15, 0.2) is 0 Å². The molecule has 192 valence electrons. The number of aromatic amines is 1. The summed E-state index contributed by atoms with van der Waals surface area (Å²) in [6, 6.07) is 11.6. The molecule has 7 nitrogen and oxygen atoms in total. The maximum Gasteiger partial charge on any atom is 0.274 e. The fraction of sp³-hybridized carbons (Fsp3) is 0.310. The van der Waals surface area contributed by atoms with Gasteiger partial charge in [-0.1, -0.05) is 17.7 Å². The van der Waals surface area contributed by atoms with Crippen molar-refractivity contribution in [3.05, 3.63) is 80.4 Å². The quantitative estimate of drug-likeness (QED) is 0.324. The Bertz CT molecular complexity index is 1560. The Morgan fingerprint density at radius 3 is 2.51 bits per heavy atom. The summed E-state index contributed by atoms with van der Waals surface area (Å²) in [7, 11) is 1.71. The number of aromatic nitrogens is 2. The molecule has 0 bridgehead atoms. The highest BCUT2D eigenvalue weighted by molar-refractivity contribution is 6.30. The number of halogens is 1. The van der Waals surface area contributed by atoms with E-state index in [-0.39, 0.29) is 23.6 Å². The molecule has 4 N–H and O–H groups in total. The number of rotatable bonds is 5. The van der Waals surface area contributed by atoms with E-state index in [4.69, 9.17) is 22.1 Å². The molecule has 1 aliphatic carbocycles. The number of nitrogens with one attached hydrogen (secondary N) is 2. The summed E-state index contributed by atoms with van der Waals surface area (Å²) in [6.07, 6.45) is 4.32. The molecule has 1 amide bonds. The predicted octanol–water partition coefficient (Wildman–Crippen LogP) is 5.51. The van der Waals surface area contributed by atoms with Gasteiger partial charge in [0.1, 0.15) is 22.7 Å². The van der Waals surface area contributed by atoms with E-state index < -0.39 is 0 Å². The summed E-state index contributed by atoms with van der Waals surface area (Å²) >= 11 is 6.20. The number of nitrogens with two attached hydrogens (primary N) is 1. The van der Waals surface area contributed by atoms with Gasteiger partial charge >= 0.3 is 0 Å². The molecule has 2 aromatic carbocycles. The molecule has 1 fully saturated rings. The van der Waals surface area contributed by atoms with Gasteiger partial charge in [-0.25, -0.2) is 0 Å². The molecule has 2 aromatic heterocycles. The molecule has 2 atom stereocenters. The normalized spacial score (nSPS) is 17.4. The second-order valence-corrected chi connectivity index (χ2v) is 10.6. The first-order valence-corrected chi connectivity index (χ1v) is 12.8. The average molecular weight is 519 g/mol. The minimum absolute atomic E-state index is 0.0486. The van der Waals surface area contributed by atoms with Crippen LogP contribution in [0.4, 0.5) is 0 Å². The lowest BCUT2D eigenvalue weighted by Gasteiger charge is -2.15. The Morgan fingerprint density at radius 2 is 1.84 bits per heavy atom. The largest absolute Gasteiger partial charge is 0.457 e. The van der Waals surface area contributed by atoms with Crippen LogP contribution in [0.5, 0.6) is 11.5 Å².